The van der Waals surface area contributed by atoms with Gasteiger partial charge in [0.1, 0.15) is 11.4 Å². The second kappa shape index (κ2) is 10.8. The number of hydrogen-bond acceptors (Lipinski definition) is 4. The van der Waals surface area contributed by atoms with Crippen molar-refractivity contribution in [1.29, 1.82) is 0 Å². The van der Waals surface area contributed by atoms with E-state index in [1.54, 1.807) is 17.2 Å². The first-order valence-electron chi connectivity index (χ1n) is 11.7. The Hall–Kier alpha value is -2.48. The summed E-state index contributed by atoms with van der Waals surface area (Å²) >= 11 is 3.44. The van der Waals surface area contributed by atoms with Crippen molar-refractivity contribution in [1.82, 2.24) is 10.3 Å². The van der Waals surface area contributed by atoms with Crippen LogP contribution in [0.5, 0.6) is 0 Å². The smallest absolute Gasteiger partial charge is 0.407 e. The molecular formula is C26H33BrFN3O3. The van der Waals surface area contributed by atoms with E-state index in [-0.39, 0.29) is 42.1 Å². The zero-order valence-electron chi connectivity index (χ0n) is 20.3. The van der Waals surface area contributed by atoms with Gasteiger partial charge in [0.2, 0.25) is 5.91 Å². The molecule has 1 saturated carbocycles. The van der Waals surface area contributed by atoms with E-state index in [0.717, 1.165) is 16.6 Å². The molecule has 1 heterocycles. The molecule has 1 aliphatic carbocycles. The normalized spacial score (nSPS) is 19.1. The molecule has 1 aliphatic rings. The number of pyridine rings is 1. The molecular weight excluding hydrogens is 501 g/mol. The quantitative estimate of drug-likeness (QED) is 0.447. The molecule has 0 saturated heterocycles. The van der Waals surface area contributed by atoms with Gasteiger partial charge in [0.25, 0.3) is 0 Å². The van der Waals surface area contributed by atoms with Gasteiger partial charge in [-0.25, -0.2) is 9.18 Å². The first-order valence-corrected chi connectivity index (χ1v) is 12.5. The molecule has 0 aliphatic heterocycles. The molecule has 2 aromatic rings. The third-order valence-corrected chi connectivity index (χ3v) is 6.59. The largest absolute Gasteiger partial charge is 0.444 e. The van der Waals surface area contributed by atoms with Crippen molar-refractivity contribution in [3.8, 4) is 0 Å². The molecule has 184 valence electrons. The summed E-state index contributed by atoms with van der Waals surface area (Å²) < 4.78 is 20.6. The van der Waals surface area contributed by atoms with Crippen LogP contribution in [0.1, 0.15) is 59.1 Å². The van der Waals surface area contributed by atoms with Crippen LogP contribution in [-0.2, 0) is 9.53 Å². The maximum absolute atomic E-state index is 14.3. The molecule has 34 heavy (non-hydrogen) atoms. The standard InChI is InChI=1S/C26H33BrFN3O3/c1-6-16(2)22(30-25(33)34-26(3,4)5)15-31(18-11-9-17(27)10-12-18)24(32)20-14-19(20)23-21(28)8-7-13-29-23/h7-13,16,19-20,22H,6,14-15H2,1-5H3,(H,30,33)/t16-,19+,20+,22+/m0/s1. The first-order chi connectivity index (χ1) is 16.0. The second-order valence-electron chi connectivity index (χ2n) is 9.88. The Morgan fingerprint density at radius 2 is 1.94 bits per heavy atom. The minimum atomic E-state index is -0.626. The van der Waals surface area contributed by atoms with Crippen LogP contribution >= 0.6 is 15.9 Å². The lowest BCUT2D eigenvalue weighted by Gasteiger charge is -2.32. The highest BCUT2D eigenvalue weighted by Gasteiger charge is 2.48. The van der Waals surface area contributed by atoms with Gasteiger partial charge in [-0.15, -0.1) is 0 Å². The van der Waals surface area contributed by atoms with Gasteiger partial charge in [-0.05, 0) is 69.5 Å². The Balaban J connectivity index is 1.84. The zero-order valence-corrected chi connectivity index (χ0v) is 21.9. The van der Waals surface area contributed by atoms with E-state index in [2.05, 4.69) is 26.2 Å². The molecule has 1 N–H and O–H groups in total. The number of aromatic nitrogens is 1. The van der Waals surface area contributed by atoms with Crippen molar-refractivity contribution in [3.05, 3.63) is 58.6 Å². The summed E-state index contributed by atoms with van der Waals surface area (Å²) in [5.41, 5.74) is 0.431. The van der Waals surface area contributed by atoms with E-state index in [0.29, 0.717) is 12.1 Å². The van der Waals surface area contributed by atoms with Crippen molar-refractivity contribution in [3.63, 3.8) is 0 Å². The number of nitrogens with zero attached hydrogens (tertiary/aromatic N) is 2. The third kappa shape index (κ3) is 6.78. The average Bonchev–Trinajstić information content (AvgIpc) is 3.56. The van der Waals surface area contributed by atoms with Gasteiger partial charge in [-0.1, -0.05) is 36.2 Å². The van der Waals surface area contributed by atoms with Gasteiger partial charge in [-0.2, -0.15) is 0 Å². The lowest BCUT2D eigenvalue weighted by atomic mass is 9.98. The number of nitrogens with one attached hydrogen (secondary N) is 1. The molecule has 3 rings (SSSR count). The molecule has 1 aromatic carbocycles. The zero-order chi connectivity index (χ0) is 25.0. The lowest BCUT2D eigenvalue weighted by Crippen LogP contribution is -2.50. The van der Waals surface area contributed by atoms with E-state index >= 15 is 0 Å². The fourth-order valence-electron chi connectivity index (χ4n) is 3.89. The minimum Gasteiger partial charge on any atom is -0.444 e. The van der Waals surface area contributed by atoms with Crippen molar-refractivity contribution < 1.29 is 18.7 Å². The minimum absolute atomic E-state index is 0.0986. The summed E-state index contributed by atoms with van der Waals surface area (Å²) in [6.07, 6.45) is 2.40. The fourth-order valence-corrected chi connectivity index (χ4v) is 4.16. The number of amides is 2. The van der Waals surface area contributed by atoms with Crippen LogP contribution in [0.2, 0.25) is 0 Å². The fraction of sp³-hybridized carbons (Fsp3) is 0.500. The van der Waals surface area contributed by atoms with Crippen LogP contribution < -0.4 is 10.2 Å². The van der Waals surface area contributed by atoms with E-state index in [9.17, 15) is 14.0 Å². The summed E-state index contributed by atoms with van der Waals surface area (Å²) in [5, 5.41) is 2.97. The molecule has 0 bridgehead atoms. The molecule has 8 heteroatoms. The van der Waals surface area contributed by atoms with Crippen LogP contribution in [0.3, 0.4) is 0 Å². The number of ether oxygens (including phenoxy) is 1. The van der Waals surface area contributed by atoms with Gasteiger partial charge in [0, 0.05) is 34.7 Å². The molecule has 6 nitrogen and oxygen atoms in total. The highest BCUT2D eigenvalue weighted by Crippen LogP contribution is 2.49. The number of rotatable bonds is 8. The lowest BCUT2D eigenvalue weighted by molar-refractivity contribution is -0.120. The molecule has 4 atom stereocenters. The average molecular weight is 534 g/mol. The van der Waals surface area contributed by atoms with Crippen molar-refractivity contribution in [2.24, 2.45) is 11.8 Å². The van der Waals surface area contributed by atoms with Crippen LogP contribution in [0.25, 0.3) is 0 Å². The number of halogens is 2. The van der Waals surface area contributed by atoms with Crippen LogP contribution in [-0.4, -0.2) is 35.2 Å². The van der Waals surface area contributed by atoms with Gasteiger partial charge in [0.15, 0.2) is 0 Å². The van der Waals surface area contributed by atoms with E-state index in [4.69, 9.17) is 4.74 Å². The second-order valence-corrected chi connectivity index (χ2v) is 10.8. The summed E-state index contributed by atoms with van der Waals surface area (Å²) in [5.74, 6) is -0.986. The first kappa shape index (κ1) is 26.1. The summed E-state index contributed by atoms with van der Waals surface area (Å²) in [6.45, 7) is 9.80. The van der Waals surface area contributed by atoms with Gasteiger partial charge in [0.05, 0.1) is 11.7 Å². The summed E-state index contributed by atoms with van der Waals surface area (Å²) in [7, 11) is 0. The predicted molar refractivity (Wildman–Crippen MR) is 134 cm³/mol. The number of alkyl carbamates (subject to hydrolysis) is 1. The summed E-state index contributed by atoms with van der Waals surface area (Å²) in [4.78, 5) is 32.1. The van der Waals surface area contributed by atoms with Crippen LogP contribution in [0.15, 0.2) is 47.1 Å². The molecule has 1 fully saturated rings. The van der Waals surface area contributed by atoms with Crippen LogP contribution in [0.4, 0.5) is 14.9 Å². The number of carbonyl (C=O) groups is 2. The van der Waals surface area contributed by atoms with Crippen LogP contribution in [0, 0.1) is 17.7 Å². The molecule has 0 unspecified atom stereocenters. The Bertz CT molecular complexity index is 1010. The van der Waals surface area contributed by atoms with Crippen molar-refractivity contribution >= 4 is 33.6 Å². The SMILES string of the molecule is CC[C@H](C)[C@@H](CN(C(=O)[C@@H]1C[C@H]1c1ncccc1F)c1ccc(Br)cc1)NC(=O)OC(C)(C)C. The number of anilines is 1. The topological polar surface area (TPSA) is 71.5 Å². The highest BCUT2D eigenvalue weighted by atomic mass is 79.9. The molecule has 1 aromatic heterocycles. The maximum atomic E-state index is 14.3. The van der Waals surface area contributed by atoms with E-state index in [1.165, 1.54) is 6.07 Å². The Morgan fingerprint density at radius 1 is 1.26 bits per heavy atom. The number of benzene rings is 1. The maximum Gasteiger partial charge on any atom is 0.407 e. The summed E-state index contributed by atoms with van der Waals surface area (Å²) in [6, 6.07) is 10.1. The molecule has 2 amide bonds. The van der Waals surface area contributed by atoms with E-state index < -0.39 is 11.7 Å². The predicted octanol–water partition coefficient (Wildman–Crippen LogP) is 6.06. The molecule has 0 spiro atoms. The van der Waals surface area contributed by atoms with E-state index in [1.807, 2.05) is 58.9 Å². The monoisotopic (exact) mass is 533 g/mol. The van der Waals surface area contributed by atoms with Gasteiger partial charge < -0.3 is 15.0 Å². The van der Waals surface area contributed by atoms with Crippen molar-refractivity contribution in [2.45, 2.75) is 65.0 Å². The third-order valence-electron chi connectivity index (χ3n) is 6.06. The molecule has 0 radical (unpaired) electrons. The Labute approximate surface area is 209 Å². The Morgan fingerprint density at radius 3 is 2.53 bits per heavy atom. The van der Waals surface area contributed by atoms with Gasteiger partial charge >= 0.3 is 6.09 Å². The highest BCUT2D eigenvalue weighted by molar-refractivity contribution is 9.10. The number of carbonyl (C=O) groups excluding carboxylic acids is 2. The van der Waals surface area contributed by atoms with Gasteiger partial charge in [-0.3, -0.25) is 9.78 Å². The van der Waals surface area contributed by atoms with Crippen molar-refractivity contribution in [2.75, 3.05) is 11.4 Å². The number of hydrogen-bond donors (Lipinski definition) is 1. The Kier molecular flexibility index (Phi) is 8.34.